The van der Waals surface area contributed by atoms with Crippen LogP contribution in [0, 0.1) is 0 Å². The van der Waals surface area contributed by atoms with Crippen LogP contribution in [0.1, 0.15) is 11.6 Å². The summed E-state index contributed by atoms with van der Waals surface area (Å²) < 4.78 is 0. The van der Waals surface area contributed by atoms with Crippen LogP contribution < -0.4 is 10.6 Å². The highest BCUT2D eigenvalue weighted by molar-refractivity contribution is 5.52. The molecule has 0 radical (unpaired) electrons. The van der Waals surface area contributed by atoms with Gasteiger partial charge in [-0.15, -0.1) is 0 Å². The van der Waals surface area contributed by atoms with Crippen molar-refractivity contribution in [2.75, 3.05) is 24.3 Å². The molecule has 94 valence electrons. The van der Waals surface area contributed by atoms with Gasteiger partial charge >= 0.3 is 0 Å². The maximum Gasteiger partial charge on any atom is 0.127 e. The lowest BCUT2D eigenvalue weighted by Crippen LogP contribution is -2.14. The number of aliphatic hydroxyl groups excluding tert-OH is 1. The number of hydrogen-bond donors (Lipinski definition) is 3. The summed E-state index contributed by atoms with van der Waals surface area (Å²) in [5.74, 6) is 0.796. The van der Waals surface area contributed by atoms with Gasteiger partial charge in [-0.25, -0.2) is 4.98 Å². The van der Waals surface area contributed by atoms with Crippen LogP contribution in [0.3, 0.4) is 0 Å². The Kier molecular flexibility index (Phi) is 4.15. The number of rotatable bonds is 5. The molecular weight excluding hydrogens is 226 g/mol. The third-order valence-electron chi connectivity index (χ3n) is 2.74. The first kappa shape index (κ1) is 12.4. The molecule has 0 saturated heterocycles. The van der Waals surface area contributed by atoms with Crippen LogP contribution in [0.25, 0.3) is 0 Å². The van der Waals surface area contributed by atoms with Gasteiger partial charge in [0, 0.05) is 25.0 Å². The minimum Gasteiger partial charge on any atom is -0.394 e. The summed E-state index contributed by atoms with van der Waals surface area (Å²) in [6.45, 7) is 0.0429. The number of pyridine rings is 1. The van der Waals surface area contributed by atoms with Crippen molar-refractivity contribution in [3.05, 3.63) is 54.2 Å². The predicted octanol–water partition coefficient (Wildman–Crippen LogP) is 2.27. The third-order valence-corrected chi connectivity index (χ3v) is 2.74. The number of anilines is 2. The molecule has 2 rings (SSSR count). The largest absolute Gasteiger partial charge is 0.394 e. The Bertz CT molecular complexity index is 487. The Balaban J connectivity index is 2.15. The first-order chi connectivity index (χ1) is 8.83. The molecule has 0 aliphatic carbocycles. The van der Waals surface area contributed by atoms with Gasteiger partial charge in [0.25, 0.3) is 0 Å². The Labute approximate surface area is 107 Å². The quantitative estimate of drug-likeness (QED) is 0.754. The molecule has 3 N–H and O–H groups in total. The number of aromatic nitrogens is 1. The summed E-state index contributed by atoms with van der Waals surface area (Å²) in [7, 11) is 1.83. The van der Waals surface area contributed by atoms with E-state index in [1.165, 1.54) is 0 Å². The van der Waals surface area contributed by atoms with E-state index in [0.29, 0.717) is 0 Å². The zero-order chi connectivity index (χ0) is 12.8. The molecule has 0 spiro atoms. The Hall–Kier alpha value is -2.07. The molecule has 0 amide bonds. The smallest absolute Gasteiger partial charge is 0.127 e. The van der Waals surface area contributed by atoms with Gasteiger partial charge in [0.15, 0.2) is 0 Å². The standard InChI is InChI=1S/C14H17N3O/c1-15-14-9-12(7-8-16-14)17-13(10-18)11-5-3-2-4-6-11/h2-9,13,18H,10H2,1H3,(H2,15,16,17). The van der Waals surface area contributed by atoms with E-state index in [9.17, 15) is 5.11 Å². The van der Waals surface area contributed by atoms with Gasteiger partial charge in [0.05, 0.1) is 12.6 Å². The average Bonchev–Trinajstić information content (AvgIpc) is 2.46. The van der Waals surface area contributed by atoms with E-state index in [4.69, 9.17) is 0 Å². The highest BCUT2D eigenvalue weighted by Crippen LogP contribution is 2.20. The molecule has 1 aromatic heterocycles. The summed E-state index contributed by atoms with van der Waals surface area (Å²) in [5, 5.41) is 15.7. The minimum absolute atomic E-state index is 0.0429. The minimum atomic E-state index is -0.113. The zero-order valence-electron chi connectivity index (χ0n) is 10.3. The van der Waals surface area contributed by atoms with Crippen molar-refractivity contribution in [2.45, 2.75) is 6.04 Å². The SMILES string of the molecule is CNc1cc(NC(CO)c2ccccc2)ccn1. The van der Waals surface area contributed by atoms with Crippen molar-refractivity contribution in [1.82, 2.24) is 4.98 Å². The van der Waals surface area contributed by atoms with Gasteiger partial charge < -0.3 is 15.7 Å². The van der Waals surface area contributed by atoms with Crippen LogP contribution in [0.4, 0.5) is 11.5 Å². The fraction of sp³-hybridized carbons (Fsp3) is 0.214. The summed E-state index contributed by atoms with van der Waals surface area (Å²) in [6, 6.07) is 13.6. The van der Waals surface area contributed by atoms with Crippen molar-refractivity contribution in [3.63, 3.8) is 0 Å². The lowest BCUT2D eigenvalue weighted by Gasteiger charge is -2.18. The first-order valence-corrected chi connectivity index (χ1v) is 5.89. The first-order valence-electron chi connectivity index (χ1n) is 5.89. The molecule has 0 bridgehead atoms. The van der Waals surface area contributed by atoms with Crippen LogP contribution in [-0.2, 0) is 0 Å². The number of nitrogens with zero attached hydrogens (tertiary/aromatic N) is 1. The topological polar surface area (TPSA) is 57.2 Å². The maximum atomic E-state index is 9.47. The van der Waals surface area contributed by atoms with Gasteiger partial charge in [-0.1, -0.05) is 30.3 Å². The molecule has 1 atom stereocenters. The molecule has 18 heavy (non-hydrogen) atoms. The second-order valence-electron chi connectivity index (χ2n) is 3.97. The lowest BCUT2D eigenvalue weighted by molar-refractivity contribution is 0.276. The number of nitrogens with one attached hydrogen (secondary N) is 2. The highest BCUT2D eigenvalue weighted by atomic mass is 16.3. The summed E-state index contributed by atoms with van der Waals surface area (Å²) in [5.41, 5.74) is 1.99. The number of benzene rings is 1. The van der Waals surface area contributed by atoms with E-state index < -0.39 is 0 Å². The second kappa shape index (κ2) is 6.02. The van der Waals surface area contributed by atoms with Gasteiger partial charge in [0.2, 0.25) is 0 Å². The van der Waals surface area contributed by atoms with E-state index in [1.807, 2.05) is 49.5 Å². The average molecular weight is 243 g/mol. The molecule has 1 heterocycles. The normalized spacial score (nSPS) is 11.9. The zero-order valence-corrected chi connectivity index (χ0v) is 10.3. The molecule has 1 unspecified atom stereocenters. The number of hydrogen-bond acceptors (Lipinski definition) is 4. The van der Waals surface area contributed by atoms with E-state index in [1.54, 1.807) is 6.20 Å². The van der Waals surface area contributed by atoms with Gasteiger partial charge in [0.1, 0.15) is 5.82 Å². The summed E-state index contributed by atoms with van der Waals surface area (Å²) in [4.78, 5) is 4.15. The summed E-state index contributed by atoms with van der Waals surface area (Å²) in [6.07, 6.45) is 1.73. The molecule has 1 aromatic carbocycles. The van der Waals surface area contributed by atoms with E-state index in [2.05, 4.69) is 15.6 Å². The fourth-order valence-corrected chi connectivity index (χ4v) is 1.78. The van der Waals surface area contributed by atoms with Crippen molar-refractivity contribution >= 4 is 11.5 Å². The predicted molar refractivity (Wildman–Crippen MR) is 73.7 cm³/mol. The van der Waals surface area contributed by atoms with Crippen molar-refractivity contribution in [2.24, 2.45) is 0 Å². The maximum absolute atomic E-state index is 9.47. The molecule has 0 fully saturated rings. The second-order valence-corrected chi connectivity index (χ2v) is 3.97. The molecular formula is C14H17N3O. The molecule has 0 saturated carbocycles. The number of aliphatic hydroxyl groups is 1. The van der Waals surface area contributed by atoms with E-state index in [0.717, 1.165) is 17.1 Å². The van der Waals surface area contributed by atoms with Crippen LogP contribution in [0.5, 0.6) is 0 Å². The molecule has 4 nitrogen and oxygen atoms in total. The molecule has 0 aliphatic rings. The lowest BCUT2D eigenvalue weighted by atomic mass is 10.1. The van der Waals surface area contributed by atoms with Crippen LogP contribution in [0.15, 0.2) is 48.7 Å². The Morgan fingerprint density at radius 1 is 1.22 bits per heavy atom. The van der Waals surface area contributed by atoms with E-state index in [-0.39, 0.29) is 12.6 Å². The molecule has 0 aliphatic heterocycles. The van der Waals surface area contributed by atoms with Crippen LogP contribution in [0.2, 0.25) is 0 Å². The van der Waals surface area contributed by atoms with Gasteiger partial charge in [-0.05, 0) is 11.6 Å². The third kappa shape index (κ3) is 2.99. The Morgan fingerprint density at radius 3 is 2.67 bits per heavy atom. The van der Waals surface area contributed by atoms with Crippen LogP contribution in [-0.4, -0.2) is 23.7 Å². The summed E-state index contributed by atoms with van der Waals surface area (Å²) >= 11 is 0. The monoisotopic (exact) mass is 243 g/mol. The van der Waals surface area contributed by atoms with Crippen LogP contribution >= 0.6 is 0 Å². The van der Waals surface area contributed by atoms with Crippen molar-refractivity contribution in [3.8, 4) is 0 Å². The van der Waals surface area contributed by atoms with Crippen molar-refractivity contribution < 1.29 is 5.11 Å². The Morgan fingerprint density at radius 2 is 2.00 bits per heavy atom. The highest BCUT2D eigenvalue weighted by Gasteiger charge is 2.09. The fourth-order valence-electron chi connectivity index (χ4n) is 1.78. The molecule has 2 aromatic rings. The van der Waals surface area contributed by atoms with E-state index >= 15 is 0 Å². The van der Waals surface area contributed by atoms with Crippen molar-refractivity contribution in [1.29, 1.82) is 0 Å². The molecule has 4 heteroatoms. The van der Waals surface area contributed by atoms with Gasteiger partial charge in [-0.3, -0.25) is 0 Å². The van der Waals surface area contributed by atoms with Gasteiger partial charge in [-0.2, -0.15) is 0 Å².